The molecule has 0 spiro atoms. The van der Waals surface area contributed by atoms with E-state index in [1.165, 1.54) is 0 Å². The van der Waals surface area contributed by atoms with Crippen LogP contribution in [0.2, 0.25) is 0 Å². The van der Waals surface area contributed by atoms with Crippen molar-refractivity contribution in [2.45, 2.75) is 84.9 Å². The lowest BCUT2D eigenvalue weighted by atomic mass is 10.1. The second-order valence-corrected chi connectivity index (χ2v) is 7.25. The molecule has 1 heterocycles. The van der Waals surface area contributed by atoms with Gasteiger partial charge in [-0.1, -0.05) is 13.8 Å². The average molecular weight is 286 g/mol. The van der Waals surface area contributed by atoms with Crippen molar-refractivity contribution >= 4 is 6.09 Å². The highest BCUT2D eigenvalue weighted by Crippen LogP contribution is 2.33. The molecule has 1 saturated heterocycles. The molecule has 0 unspecified atom stereocenters. The zero-order valence-electron chi connectivity index (χ0n) is 14.1. The lowest BCUT2D eigenvalue weighted by Gasteiger charge is -2.35. The highest BCUT2D eigenvalue weighted by molar-refractivity contribution is 5.70. The van der Waals surface area contributed by atoms with Gasteiger partial charge in [-0.05, 0) is 41.5 Å². The fourth-order valence-corrected chi connectivity index (χ4v) is 2.48. The molecule has 0 aromatic rings. The van der Waals surface area contributed by atoms with Gasteiger partial charge in [0.1, 0.15) is 11.3 Å². The van der Waals surface area contributed by atoms with Crippen LogP contribution in [0.15, 0.2) is 0 Å². The van der Waals surface area contributed by atoms with Crippen LogP contribution in [0.5, 0.6) is 0 Å². The third kappa shape index (κ3) is 4.35. The molecule has 20 heavy (non-hydrogen) atoms. The topological polar surface area (TPSA) is 50.8 Å². The molecular formula is C15H30N2O3. The molecular weight excluding hydrogens is 256 g/mol. The Hall–Kier alpha value is -0.810. The van der Waals surface area contributed by atoms with Crippen LogP contribution in [0.4, 0.5) is 4.79 Å². The summed E-state index contributed by atoms with van der Waals surface area (Å²) < 4.78 is 11.4. The Morgan fingerprint density at radius 2 is 1.95 bits per heavy atom. The maximum Gasteiger partial charge on any atom is 0.412 e. The molecule has 1 fully saturated rings. The van der Waals surface area contributed by atoms with E-state index in [1.54, 1.807) is 4.90 Å². The Bertz CT molecular complexity index is 348. The molecule has 0 radical (unpaired) electrons. The number of ether oxygens (including phenoxy) is 2. The Morgan fingerprint density at radius 3 is 2.40 bits per heavy atom. The zero-order valence-corrected chi connectivity index (χ0v) is 14.1. The molecule has 0 saturated carbocycles. The van der Waals surface area contributed by atoms with Gasteiger partial charge in [0.25, 0.3) is 0 Å². The first-order valence-electron chi connectivity index (χ1n) is 7.37. The normalized spacial score (nSPS) is 26.1. The third-order valence-corrected chi connectivity index (χ3v) is 3.25. The van der Waals surface area contributed by atoms with Crippen molar-refractivity contribution in [3.05, 3.63) is 0 Å². The van der Waals surface area contributed by atoms with Crippen molar-refractivity contribution in [1.82, 2.24) is 10.2 Å². The van der Waals surface area contributed by atoms with Gasteiger partial charge in [-0.25, -0.2) is 4.79 Å². The number of rotatable bonds is 3. The molecule has 1 aliphatic rings. The van der Waals surface area contributed by atoms with E-state index >= 15 is 0 Å². The molecule has 0 aromatic heterocycles. The average Bonchev–Trinajstić information content (AvgIpc) is 2.41. The monoisotopic (exact) mass is 286 g/mol. The summed E-state index contributed by atoms with van der Waals surface area (Å²) in [5.41, 5.74) is -1.15. The molecule has 1 amide bonds. The number of carbonyl (C=O) groups excluding carboxylic acids is 1. The van der Waals surface area contributed by atoms with Gasteiger partial charge in [-0.2, -0.15) is 0 Å². The van der Waals surface area contributed by atoms with Crippen LogP contribution in [-0.4, -0.2) is 47.1 Å². The summed E-state index contributed by atoms with van der Waals surface area (Å²) >= 11 is 0. The predicted molar refractivity (Wildman–Crippen MR) is 79.6 cm³/mol. The van der Waals surface area contributed by atoms with Crippen LogP contribution in [-0.2, 0) is 9.47 Å². The molecule has 5 nitrogen and oxygen atoms in total. The van der Waals surface area contributed by atoms with E-state index in [4.69, 9.17) is 9.47 Å². The Balaban J connectivity index is 2.87. The third-order valence-electron chi connectivity index (χ3n) is 3.25. The number of hydrogen-bond acceptors (Lipinski definition) is 4. The van der Waals surface area contributed by atoms with Crippen molar-refractivity contribution in [1.29, 1.82) is 0 Å². The SMILES string of the molecule is CC(C)NC[C@H]1[C@H](C)OC(C)(C)N1C(=O)OC(C)(C)C. The van der Waals surface area contributed by atoms with Gasteiger partial charge in [0, 0.05) is 12.6 Å². The smallest absolute Gasteiger partial charge is 0.412 e. The van der Waals surface area contributed by atoms with E-state index in [2.05, 4.69) is 19.2 Å². The second-order valence-electron chi connectivity index (χ2n) is 7.25. The van der Waals surface area contributed by atoms with Crippen molar-refractivity contribution in [3.63, 3.8) is 0 Å². The maximum absolute atomic E-state index is 12.5. The quantitative estimate of drug-likeness (QED) is 0.866. The number of carbonyl (C=O) groups is 1. The molecule has 2 atom stereocenters. The summed E-state index contributed by atoms with van der Waals surface area (Å²) in [6, 6.07) is 0.341. The lowest BCUT2D eigenvalue weighted by molar-refractivity contribution is -0.0756. The Kier molecular flexibility index (Phi) is 5.08. The highest BCUT2D eigenvalue weighted by Gasteiger charge is 2.49. The molecule has 1 rings (SSSR count). The van der Waals surface area contributed by atoms with Gasteiger partial charge in [0.2, 0.25) is 0 Å². The standard InChI is InChI=1S/C15H30N2O3/c1-10(2)16-9-12-11(3)19-15(7,8)17(12)13(18)20-14(4,5)6/h10-12,16H,9H2,1-8H3/t11-,12-/m0/s1. The van der Waals surface area contributed by atoms with E-state index in [-0.39, 0.29) is 18.2 Å². The first kappa shape index (κ1) is 17.2. The molecule has 5 heteroatoms. The van der Waals surface area contributed by atoms with Gasteiger partial charge in [-0.15, -0.1) is 0 Å². The number of nitrogens with zero attached hydrogens (tertiary/aromatic N) is 1. The first-order valence-corrected chi connectivity index (χ1v) is 7.37. The number of hydrogen-bond donors (Lipinski definition) is 1. The minimum absolute atomic E-state index is 0.0243. The summed E-state index contributed by atoms with van der Waals surface area (Å²) in [4.78, 5) is 14.2. The summed E-state index contributed by atoms with van der Waals surface area (Å²) in [5.74, 6) is 0. The van der Waals surface area contributed by atoms with E-state index in [1.807, 2.05) is 41.5 Å². The second kappa shape index (κ2) is 5.90. The summed E-state index contributed by atoms with van der Waals surface area (Å²) in [5, 5.41) is 3.37. The van der Waals surface area contributed by atoms with Crippen molar-refractivity contribution < 1.29 is 14.3 Å². The number of nitrogens with one attached hydrogen (secondary N) is 1. The van der Waals surface area contributed by atoms with Crippen LogP contribution < -0.4 is 5.32 Å². The fourth-order valence-electron chi connectivity index (χ4n) is 2.48. The minimum Gasteiger partial charge on any atom is -0.444 e. The summed E-state index contributed by atoms with van der Waals surface area (Å²) in [6.07, 6.45) is -0.342. The summed E-state index contributed by atoms with van der Waals surface area (Å²) in [7, 11) is 0. The lowest BCUT2D eigenvalue weighted by Crippen LogP contribution is -2.53. The van der Waals surface area contributed by atoms with Crippen molar-refractivity contribution in [2.75, 3.05) is 6.54 Å². The molecule has 0 bridgehead atoms. The van der Waals surface area contributed by atoms with Crippen LogP contribution in [0.25, 0.3) is 0 Å². The number of amides is 1. The first-order chi connectivity index (χ1) is 8.94. The summed E-state index contributed by atoms with van der Waals surface area (Å²) in [6.45, 7) is 16.3. The molecule has 1 N–H and O–H groups in total. The molecule has 0 aliphatic carbocycles. The zero-order chi connectivity index (χ0) is 15.7. The van der Waals surface area contributed by atoms with Crippen LogP contribution in [0.3, 0.4) is 0 Å². The van der Waals surface area contributed by atoms with Gasteiger partial charge < -0.3 is 14.8 Å². The van der Waals surface area contributed by atoms with Crippen molar-refractivity contribution in [3.8, 4) is 0 Å². The van der Waals surface area contributed by atoms with Gasteiger partial charge in [0.15, 0.2) is 0 Å². The fraction of sp³-hybridized carbons (Fsp3) is 0.933. The van der Waals surface area contributed by atoms with E-state index in [0.717, 1.165) is 0 Å². The highest BCUT2D eigenvalue weighted by atomic mass is 16.6. The van der Waals surface area contributed by atoms with E-state index in [0.29, 0.717) is 12.6 Å². The van der Waals surface area contributed by atoms with Gasteiger partial charge in [-0.3, -0.25) is 4.90 Å². The Morgan fingerprint density at radius 1 is 1.40 bits per heavy atom. The molecule has 0 aromatic carbocycles. The van der Waals surface area contributed by atoms with Crippen LogP contribution >= 0.6 is 0 Å². The molecule has 1 aliphatic heterocycles. The van der Waals surface area contributed by atoms with Crippen molar-refractivity contribution in [2.24, 2.45) is 0 Å². The van der Waals surface area contributed by atoms with E-state index in [9.17, 15) is 4.79 Å². The minimum atomic E-state index is -0.648. The van der Waals surface area contributed by atoms with Crippen LogP contribution in [0, 0.1) is 0 Å². The Labute approximate surface area is 123 Å². The molecule has 118 valence electrons. The van der Waals surface area contributed by atoms with Gasteiger partial charge >= 0.3 is 6.09 Å². The largest absolute Gasteiger partial charge is 0.444 e. The van der Waals surface area contributed by atoms with Crippen LogP contribution in [0.1, 0.15) is 55.4 Å². The predicted octanol–water partition coefficient (Wildman–Crippen LogP) is 2.74. The van der Waals surface area contributed by atoms with Gasteiger partial charge in [0.05, 0.1) is 12.1 Å². The van der Waals surface area contributed by atoms with E-state index < -0.39 is 11.3 Å². The maximum atomic E-state index is 12.5.